The molecule has 0 bridgehead atoms. The average molecular weight is 331 g/mol. The number of aromatic nitrogens is 2. The van der Waals surface area contributed by atoms with Gasteiger partial charge in [0.1, 0.15) is 12.4 Å². The average Bonchev–Trinajstić information content (AvgIpc) is 2.53. The summed E-state index contributed by atoms with van der Waals surface area (Å²) >= 11 is 0. The summed E-state index contributed by atoms with van der Waals surface area (Å²) in [5.74, 6) is -0.354. The van der Waals surface area contributed by atoms with E-state index in [2.05, 4.69) is 17.2 Å². The van der Waals surface area contributed by atoms with E-state index in [1.54, 1.807) is 6.92 Å². The summed E-state index contributed by atoms with van der Waals surface area (Å²) in [5, 5.41) is 3.01. The summed E-state index contributed by atoms with van der Waals surface area (Å²) in [6, 6.07) is 7.06. The van der Waals surface area contributed by atoms with Crippen LogP contribution in [-0.2, 0) is 22.5 Å². The number of aromatic amines is 1. The lowest BCUT2D eigenvalue weighted by Crippen LogP contribution is -2.37. The molecule has 0 atom stereocenters. The number of H-pyrrole nitrogens is 1. The normalized spacial score (nSPS) is 10.5. The Morgan fingerprint density at radius 2 is 2.00 bits per heavy atom. The summed E-state index contributed by atoms with van der Waals surface area (Å²) < 4.78 is 5.55. The molecule has 1 heterocycles. The van der Waals surface area contributed by atoms with Crippen molar-refractivity contribution < 1.29 is 9.53 Å². The third kappa shape index (κ3) is 4.13. The van der Waals surface area contributed by atoms with Crippen molar-refractivity contribution in [3.05, 3.63) is 56.2 Å². The lowest BCUT2D eigenvalue weighted by Gasteiger charge is -2.10. The third-order valence-electron chi connectivity index (χ3n) is 3.62. The summed E-state index contributed by atoms with van der Waals surface area (Å²) in [6.07, 6.45) is 0.888. The molecule has 24 heavy (non-hydrogen) atoms. The van der Waals surface area contributed by atoms with Gasteiger partial charge in [-0.25, -0.2) is 9.36 Å². The van der Waals surface area contributed by atoms with Gasteiger partial charge in [-0.15, -0.1) is 0 Å². The Kier molecular flexibility index (Phi) is 5.57. The fourth-order valence-corrected chi connectivity index (χ4v) is 2.36. The van der Waals surface area contributed by atoms with Crippen LogP contribution in [0.5, 0.6) is 0 Å². The first kappa shape index (κ1) is 17.5. The fourth-order valence-electron chi connectivity index (χ4n) is 2.36. The molecular formula is C17H21N3O4. The Morgan fingerprint density at radius 3 is 2.62 bits per heavy atom. The van der Waals surface area contributed by atoms with E-state index in [4.69, 9.17) is 4.74 Å². The Hall–Kier alpha value is -2.83. The molecular weight excluding hydrogens is 310 g/mol. The molecule has 0 amide bonds. The predicted octanol–water partition coefficient (Wildman–Crippen LogP) is 1.71. The van der Waals surface area contributed by atoms with Crippen molar-refractivity contribution in [2.75, 3.05) is 11.9 Å². The summed E-state index contributed by atoms with van der Waals surface area (Å²) in [6.45, 7) is 5.53. The van der Waals surface area contributed by atoms with Crippen LogP contribution in [0.25, 0.3) is 0 Å². The molecule has 0 unspecified atom stereocenters. The van der Waals surface area contributed by atoms with Crippen molar-refractivity contribution >= 4 is 17.5 Å². The van der Waals surface area contributed by atoms with Gasteiger partial charge in [-0.3, -0.25) is 14.6 Å². The first-order valence-corrected chi connectivity index (χ1v) is 7.81. The molecule has 2 N–H and O–H groups in total. The molecule has 0 saturated heterocycles. The Morgan fingerprint density at radius 1 is 1.25 bits per heavy atom. The topological polar surface area (TPSA) is 93.2 Å². The Labute approximate surface area is 139 Å². The van der Waals surface area contributed by atoms with Gasteiger partial charge in [0.2, 0.25) is 0 Å². The quantitative estimate of drug-likeness (QED) is 0.786. The van der Waals surface area contributed by atoms with Crippen LogP contribution < -0.4 is 16.6 Å². The molecule has 2 aromatic rings. The lowest BCUT2D eigenvalue weighted by atomic mass is 10.1. The molecule has 0 saturated carbocycles. The molecule has 0 aliphatic rings. The van der Waals surface area contributed by atoms with E-state index >= 15 is 0 Å². The molecule has 1 aromatic carbocycles. The maximum atomic E-state index is 12.1. The summed E-state index contributed by atoms with van der Waals surface area (Å²) in [4.78, 5) is 38.1. The molecule has 0 fully saturated rings. The summed E-state index contributed by atoms with van der Waals surface area (Å²) in [5.41, 5.74) is 1.90. The summed E-state index contributed by atoms with van der Waals surface area (Å²) in [7, 11) is 0. The number of benzene rings is 1. The number of rotatable bonds is 6. The second kappa shape index (κ2) is 7.63. The van der Waals surface area contributed by atoms with Gasteiger partial charge >= 0.3 is 11.7 Å². The lowest BCUT2D eigenvalue weighted by molar-refractivity contribution is -0.143. The van der Waals surface area contributed by atoms with Crippen LogP contribution in [0.3, 0.4) is 0 Å². The van der Waals surface area contributed by atoms with E-state index in [0.717, 1.165) is 16.7 Å². The van der Waals surface area contributed by atoms with Gasteiger partial charge in [0.25, 0.3) is 5.56 Å². The van der Waals surface area contributed by atoms with Gasteiger partial charge in [-0.2, -0.15) is 0 Å². The fraction of sp³-hybridized carbons (Fsp3) is 0.353. The first-order chi connectivity index (χ1) is 11.4. The number of aryl methyl sites for hydroxylation is 2. The SMILES string of the molecule is CCOC(=O)Cn1c(=O)cc(Nc2ccc(C)c(CC)c2)[nH]c1=O. The van der Waals surface area contributed by atoms with Gasteiger partial charge < -0.3 is 10.1 Å². The minimum atomic E-state index is -0.666. The highest BCUT2D eigenvalue weighted by atomic mass is 16.5. The van der Waals surface area contributed by atoms with Crippen molar-refractivity contribution in [3.63, 3.8) is 0 Å². The number of anilines is 2. The van der Waals surface area contributed by atoms with Gasteiger partial charge in [0.05, 0.1) is 6.61 Å². The number of esters is 1. The third-order valence-corrected chi connectivity index (χ3v) is 3.62. The highest BCUT2D eigenvalue weighted by Gasteiger charge is 2.10. The van der Waals surface area contributed by atoms with Gasteiger partial charge in [0, 0.05) is 11.8 Å². The second-order valence-electron chi connectivity index (χ2n) is 5.34. The number of nitrogens with one attached hydrogen (secondary N) is 2. The largest absolute Gasteiger partial charge is 0.465 e. The highest BCUT2D eigenvalue weighted by molar-refractivity contribution is 5.69. The molecule has 7 heteroatoms. The van der Waals surface area contributed by atoms with Crippen molar-refractivity contribution in [2.45, 2.75) is 33.7 Å². The van der Waals surface area contributed by atoms with Gasteiger partial charge in [-0.05, 0) is 43.5 Å². The zero-order valence-electron chi connectivity index (χ0n) is 14.0. The second-order valence-corrected chi connectivity index (χ2v) is 5.34. The van der Waals surface area contributed by atoms with Crippen molar-refractivity contribution in [3.8, 4) is 0 Å². The van der Waals surface area contributed by atoms with E-state index in [9.17, 15) is 14.4 Å². The van der Waals surface area contributed by atoms with Crippen molar-refractivity contribution in [2.24, 2.45) is 0 Å². The van der Waals surface area contributed by atoms with Crippen LogP contribution in [0, 0.1) is 6.92 Å². The van der Waals surface area contributed by atoms with Crippen LogP contribution in [-0.4, -0.2) is 22.1 Å². The zero-order chi connectivity index (χ0) is 17.7. The number of ether oxygens (including phenoxy) is 1. The molecule has 0 radical (unpaired) electrons. The van der Waals surface area contributed by atoms with E-state index in [1.165, 1.54) is 17.2 Å². The van der Waals surface area contributed by atoms with Crippen LogP contribution in [0.4, 0.5) is 11.5 Å². The molecule has 2 rings (SSSR count). The van der Waals surface area contributed by atoms with E-state index < -0.39 is 23.8 Å². The zero-order valence-corrected chi connectivity index (χ0v) is 14.0. The van der Waals surface area contributed by atoms with Crippen LogP contribution >= 0.6 is 0 Å². The maximum absolute atomic E-state index is 12.1. The van der Waals surface area contributed by atoms with E-state index in [0.29, 0.717) is 0 Å². The standard InChI is InChI=1S/C17H21N3O4/c1-4-12-8-13(7-6-11(12)3)18-14-9-15(21)20(17(23)19-14)10-16(22)24-5-2/h6-9,18H,4-5,10H2,1-3H3,(H,19,23). The van der Waals surface area contributed by atoms with E-state index in [-0.39, 0.29) is 12.4 Å². The molecule has 0 aliphatic carbocycles. The van der Waals surface area contributed by atoms with Crippen molar-refractivity contribution in [1.82, 2.24) is 9.55 Å². The Balaban J connectivity index is 2.26. The monoisotopic (exact) mass is 331 g/mol. The molecule has 7 nitrogen and oxygen atoms in total. The molecule has 0 spiro atoms. The van der Waals surface area contributed by atoms with Gasteiger partial charge in [-0.1, -0.05) is 13.0 Å². The predicted molar refractivity (Wildman–Crippen MR) is 91.8 cm³/mol. The molecule has 1 aromatic heterocycles. The molecule has 128 valence electrons. The van der Waals surface area contributed by atoms with Gasteiger partial charge in [0.15, 0.2) is 0 Å². The number of carbonyl (C=O) groups is 1. The van der Waals surface area contributed by atoms with Crippen molar-refractivity contribution in [1.29, 1.82) is 0 Å². The smallest absolute Gasteiger partial charge is 0.330 e. The maximum Gasteiger partial charge on any atom is 0.330 e. The Bertz CT molecular complexity index is 820. The van der Waals surface area contributed by atoms with Crippen LogP contribution in [0.15, 0.2) is 33.9 Å². The molecule has 0 aliphatic heterocycles. The van der Waals surface area contributed by atoms with Crippen LogP contribution in [0.1, 0.15) is 25.0 Å². The van der Waals surface area contributed by atoms with Crippen LogP contribution in [0.2, 0.25) is 0 Å². The van der Waals surface area contributed by atoms with E-state index in [1.807, 2.05) is 25.1 Å². The number of hydrogen-bond acceptors (Lipinski definition) is 5. The minimum absolute atomic E-state index is 0.193. The first-order valence-electron chi connectivity index (χ1n) is 7.81. The number of hydrogen-bond donors (Lipinski definition) is 2. The highest BCUT2D eigenvalue weighted by Crippen LogP contribution is 2.18. The number of carbonyl (C=O) groups excluding carboxylic acids is 1. The number of nitrogens with zero attached hydrogens (tertiary/aromatic N) is 1. The minimum Gasteiger partial charge on any atom is -0.465 e.